The van der Waals surface area contributed by atoms with Crippen molar-refractivity contribution in [1.29, 1.82) is 0 Å². The maximum Gasteiger partial charge on any atom is 0.410 e. The van der Waals surface area contributed by atoms with Crippen LogP contribution in [0, 0.1) is 11.8 Å². The van der Waals surface area contributed by atoms with Crippen LogP contribution in [0.4, 0.5) is 18.0 Å². The Bertz CT molecular complexity index is 588. The van der Waals surface area contributed by atoms with Crippen LogP contribution in [0.2, 0.25) is 0 Å². The molecule has 0 bridgehead atoms. The lowest BCUT2D eigenvalue weighted by molar-refractivity contribution is -0.182. The first kappa shape index (κ1) is 28.1. The molecule has 0 aromatic carbocycles. The number of hydrogen-bond donors (Lipinski definition) is 2. The summed E-state index contributed by atoms with van der Waals surface area (Å²) in [5.41, 5.74) is -0.497. The van der Waals surface area contributed by atoms with Gasteiger partial charge >= 0.3 is 12.3 Å². The predicted molar refractivity (Wildman–Crippen MR) is 127 cm³/mol. The number of alkyl halides is 3. The van der Waals surface area contributed by atoms with Crippen molar-refractivity contribution in [3.05, 3.63) is 0 Å². The van der Waals surface area contributed by atoms with Gasteiger partial charge in [0.1, 0.15) is 5.60 Å². The molecule has 2 N–H and O–H groups in total. The number of likely N-dealkylation sites (tertiary alicyclic amines) is 1. The number of aliphatic imine (C=N–C) groups is 1. The minimum Gasteiger partial charge on any atom is -0.444 e. The van der Waals surface area contributed by atoms with Crippen molar-refractivity contribution < 1.29 is 22.7 Å². The topological polar surface area (TPSA) is 66.0 Å². The second-order valence-electron chi connectivity index (χ2n) is 9.46. The summed E-state index contributed by atoms with van der Waals surface area (Å²) < 4.78 is 43.9. The second kappa shape index (κ2) is 12.3. The molecule has 0 spiro atoms. The summed E-state index contributed by atoms with van der Waals surface area (Å²) in [7, 11) is 1.67. The molecule has 1 atom stereocenters. The van der Waals surface area contributed by atoms with E-state index in [0.29, 0.717) is 37.8 Å². The molecule has 2 rings (SSSR count). The normalized spacial score (nSPS) is 25.5. The lowest BCUT2D eigenvalue weighted by Gasteiger charge is -2.34. The third kappa shape index (κ3) is 10.0. The van der Waals surface area contributed by atoms with E-state index >= 15 is 0 Å². The molecule has 6 nitrogen and oxygen atoms in total. The van der Waals surface area contributed by atoms with Crippen molar-refractivity contribution in [1.82, 2.24) is 15.5 Å². The average molecular weight is 562 g/mol. The van der Waals surface area contributed by atoms with Crippen LogP contribution >= 0.6 is 24.0 Å². The summed E-state index contributed by atoms with van der Waals surface area (Å²) >= 11 is 0. The van der Waals surface area contributed by atoms with Gasteiger partial charge in [-0.15, -0.1) is 24.0 Å². The van der Waals surface area contributed by atoms with Gasteiger partial charge in [-0.05, 0) is 71.6 Å². The molecule has 2 fully saturated rings. The number of nitrogens with zero attached hydrogens (tertiary/aromatic N) is 2. The smallest absolute Gasteiger partial charge is 0.410 e. The van der Waals surface area contributed by atoms with Crippen LogP contribution < -0.4 is 10.6 Å². The zero-order valence-electron chi connectivity index (χ0n) is 19.1. The molecule has 182 valence electrons. The van der Waals surface area contributed by atoms with E-state index in [9.17, 15) is 18.0 Å². The summed E-state index contributed by atoms with van der Waals surface area (Å²) in [5, 5.41) is 6.52. The van der Waals surface area contributed by atoms with Gasteiger partial charge in [-0.3, -0.25) is 4.99 Å². The Morgan fingerprint density at radius 3 is 2.32 bits per heavy atom. The minimum absolute atomic E-state index is 0. The van der Waals surface area contributed by atoms with Crippen LogP contribution in [-0.4, -0.2) is 61.5 Å². The Morgan fingerprint density at radius 2 is 1.77 bits per heavy atom. The fourth-order valence-electron chi connectivity index (χ4n) is 4.14. The number of guanidine groups is 1. The zero-order valence-corrected chi connectivity index (χ0v) is 21.4. The molecule has 0 aromatic rings. The van der Waals surface area contributed by atoms with Crippen molar-refractivity contribution in [2.45, 2.75) is 83.5 Å². The highest BCUT2D eigenvalue weighted by molar-refractivity contribution is 14.0. The Labute approximate surface area is 201 Å². The van der Waals surface area contributed by atoms with Gasteiger partial charge in [-0.1, -0.05) is 0 Å². The highest BCUT2D eigenvalue weighted by atomic mass is 127. The fraction of sp³-hybridized carbons (Fsp3) is 0.905. The summed E-state index contributed by atoms with van der Waals surface area (Å²) in [6.45, 7) is 7.70. The van der Waals surface area contributed by atoms with E-state index in [2.05, 4.69) is 15.6 Å². The lowest BCUT2D eigenvalue weighted by Crippen LogP contribution is -2.47. The number of nitrogens with one attached hydrogen (secondary N) is 2. The van der Waals surface area contributed by atoms with E-state index in [1.807, 2.05) is 20.8 Å². The SMILES string of the molecule is CN=C(NCCC1CCCN(C(=O)OC(C)(C)C)C1)NC1CCC(C(F)(F)F)CC1.I. The van der Waals surface area contributed by atoms with Crippen LogP contribution in [0.25, 0.3) is 0 Å². The molecule has 1 saturated carbocycles. The number of hydrogen-bond acceptors (Lipinski definition) is 3. The maximum atomic E-state index is 12.8. The van der Waals surface area contributed by atoms with Crippen LogP contribution in [0.1, 0.15) is 65.7 Å². The Morgan fingerprint density at radius 1 is 1.13 bits per heavy atom. The number of piperidine rings is 1. The number of carbonyl (C=O) groups is 1. The van der Waals surface area contributed by atoms with E-state index in [1.54, 1.807) is 11.9 Å². The van der Waals surface area contributed by atoms with Crippen LogP contribution in [0.15, 0.2) is 4.99 Å². The summed E-state index contributed by atoms with van der Waals surface area (Å²) in [6, 6.07) is 0.0205. The molecule has 0 radical (unpaired) electrons. The van der Waals surface area contributed by atoms with E-state index in [4.69, 9.17) is 4.74 Å². The van der Waals surface area contributed by atoms with Gasteiger partial charge in [-0.25, -0.2) is 4.79 Å². The summed E-state index contributed by atoms with van der Waals surface area (Å²) in [4.78, 5) is 18.3. The van der Waals surface area contributed by atoms with Gasteiger partial charge in [0.05, 0.1) is 5.92 Å². The van der Waals surface area contributed by atoms with Crippen molar-refractivity contribution >= 4 is 36.0 Å². The quantitative estimate of drug-likeness (QED) is 0.290. The van der Waals surface area contributed by atoms with E-state index in [1.165, 1.54) is 0 Å². The minimum atomic E-state index is -4.09. The second-order valence-corrected chi connectivity index (χ2v) is 9.46. The molecule has 1 aliphatic carbocycles. The van der Waals surface area contributed by atoms with Gasteiger partial charge in [0, 0.05) is 32.7 Å². The third-order valence-electron chi connectivity index (χ3n) is 5.77. The highest BCUT2D eigenvalue weighted by Crippen LogP contribution is 2.37. The van der Waals surface area contributed by atoms with Crippen molar-refractivity contribution in [2.24, 2.45) is 16.8 Å². The van der Waals surface area contributed by atoms with Crippen molar-refractivity contribution in [2.75, 3.05) is 26.7 Å². The molecule has 0 aromatic heterocycles. The van der Waals surface area contributed by atoms with E-state index in [-0.39, 0.29) is 49.0 Å². The molecule has 31 heavy (non-hydrogen) atoms. The molecule has 1 unspecified atom stereocenters. The van der Waals surface area contributed by atoms with Crippen molar-refractivity contribution in [3.63, 3.8) is 0 Å². The standard InChI is InChI=1S/C21H37F3N4O2.HI/c1-20(2,3)30-19(29)28-13-5-6-15(14-28)11-12-26-18(25-4)27-17-9-7-16(8-10-17)21(22,23)24;/h15-17H,5-14H2,1-4H3,(H2,25,26,27);1H. The van der Waals surface area contributed by atoms with Crippen LogP contribution in [-0.2, 0) is 4.74 Å². The fourth-order valence-corrected chi connectivity index (χ4v) is 4.14. The average Bonchev–Trinajstić information content (AvgIpc) is 2.66. The van der Waals surface area contributed by atoms with Gasteiger partial charge in [0.25, 0.3) is 0 Å². The van der Waals surface area contributed by atoms with E-state index in [0.717, 1.165) is 25.8 Å². The number of rotatable bonds is 4. The van der Waals surface area contributed by atoms with Crippen LogP contribution in [0.3, 0.4) is 0 Å². The molecule has 1 aliphatic heterocycles. The molecule has 1 heterocycles. The predicted octanol–water partition coefficient (Wildman–Crippen LogP) is 4.93. The van der Waals surface area contributed by atoms with Crippen molar-refractivity contribution in [3.8, 4) is 0 Å². The highest BCUT2D eigenvalue weighted by Gasteiger charge is 2.41. The Balaban J connectivity index is 0.00000480. The Kier molecular flexibility index (Phi) is 11.2. The molecular formula is C21H38F3IN4O2. The number of halogens is 4. The van der Waals surface area contributed by atoms with Crippen LogP contribution in [0.5, 0.6) is 0 Å². The Hall–Kier alpha value is -0.940. The van der Waals surface area contributed by atoms with Gasteiger partial charge in [0.2, 0.25) is 0 Å². The molecular weight excluding hydrogens is 524 g/mol. The molecule has 1 saturated heterocycles. The largest absolute Gasteiger partial charge is 0.444 e. The van der Waals surface area contributed by atoms with E-state index < -0.39 is 17.7 Å². The molecule has 10 heteroatoms. The maximum absolute atomic E-state index is 12.8. The molecule has 1 amide bonds. The monoisotopic (exact) mass is 562 g/mol. The first-order valence-corrected chi connectivity index (χ1v) is 11.0. The number of carbonyl (C=O) groups excluding carboxylic acids is 1. The summed E-state index contributed by atoms with van der Waals surface area (Å²) in [6.07, 6.45) is -0.0997. The third-order valence-corrected chi connectivity index (χ3v) is 5.77. The first-order valence-electron chi connectivity index (χ1n) is 11.0. The first-order chi connectivity index (χ1) is 14.0. The number of ether oxygens (including phenoxy) is 1. The number of amides is 1. The zero-order chi connectivity index (χ0) is 22.4. The van der Waals surface area contributed by atoms with Gasteiger partial charge < -0.3 is 20.3 Å². The lowest BCUT2D eigenvalue weighted by atomic mass is 9.85. The molecule has 2 aliphatic rings. The summed E-state index contributed by atoms with van der Waals surface area (Å²) in [5.74, 6) is -0.158. The van der Waals surface area contributed by atoms with Gasteiger partial charge in [-0.2, -0.15) is 13.2 Å². The van der Waals surface area contributed by atoms with Gasteiger partial charge in [0.15, 0.2) is 5.96 Å².